The molecule has 0 saturated carbocycles. The molecule has 0 bridgehead atoms. The molecule has 0 aromatic heterocycles. The quantitative estimate of drug-likeness (QED) is 0.486. The molecule has 0 aliphatic heterocycles. The van der Waals surface area contributed by atoms with E-state index in [4.69, 9.17) is 4.74 Å². The van der Waals surface area contributed by atoms with Crippen molar-refractivity contribution in [3.8, 4) is 5.75 Å². The highest BCUT2D eigenvalue weighted by atomic mass is 19.1. The Morgan fingerprint density at radius 3 is 2.16 bits per heavy atom. The number of aryl methyl sites for hydroxylation is 1. The van der Waals surface area contributed by atoms with Crippen LogP contribution in [-0.4, -0.2) is 25.0 Å². The van der Waals surface area contributed by atoms with E-state index in [0.717, 1.165) is 5.75 Å². The lowest BCUT2D eigenvalue weighted by Crippen LogP contribution is -2.21. The Bertz CT molecular complexity index is 1050. The van der Waals surface area contributed by atoms with Gasteiger partial charge < -0.3 is 20.7 Å². The summed E-state index contributed by atoms with van der Waals surface area (Å²) in [5.41, 5.74) is 2.75. The van der Waals surface area contributed by atoms with Gasteiger partial charge in [0.1, 0.15) is 11.6 Å². The van der Waals surface area contributed by atoms with Crippen LogP contribution >= 0.6 is 0 Å². The molecular weight excluding hydrogens is 397 g/mol. The molecule has 0 radical (unpaired) electrons. The van der Waals surface area contributed by atoms with Gasteiger partial charge in [0.05, 0.1) is 13.2 Å². The maximum atomic E-state index is 13.6. The van der Waals surface area contributed by atoms with Gasteiger partial charge in [0.25, 0.3) is 5.91 Å². The third-order valence-corrected chi connectivity index (χ3v) is 4.48. The van der Waals surface area contributed by atoms with Crippen LogP contribution in [0.5, 0.6) is 5.75 Å². The van der Waals surface area contributed by atoms with E-state index >= 15 is 0 Å². The van der Waals surface area contributed by atoms with E-state index in [9.17, 15) is 14.0 Å². The summed E-state index contributed by atoms with van der Waals surface area (Å²) < 4.78 is 18.9. The van der Waals surface area contributed by atoms with Crippen LogP contribution in [-0.2, 0) is 4.79 Å². The number of ether oxygens (including phenoxy) is 1. The lowest BCUT2D eigenvalue weighted by molar-refractivity contribution is -0.114. The van der Waals surface area contributed by atoms with Crippen molar-refractivity contribution in [2.45, 2.75) is 13.8 Å². The van der Waals surface area contributed by atoms with E-state index in [0.29, 0.717) is 34.8 Å². The number of halogens is 1. The van der Waals surface area contributed by atoms with E-state index < -0.39 is 0 Å². The van der Waals surface area contributed by atoms with Crippen molar-refractivity contribution in [1.82, 2.24) is 0 Å². The van der Waals surface area contributed by atoms with Crippen molar-refractivity contribution in [1.29, 1.82) is 0 Å². The standard InChI is InChI=1S/C24H24FN3O3/c1-3-31-21-12-10-19(11-13-21)28-24(30)17-5-8-18(9-6-17)26-15-23(29)27-20-7-4-16(2)22(25)14-20/h4-14,26H,3,15H2,1-2H3,(H,27,29)(H,28,30). The number of nitrogens with one attached hydrogen (secondary N) is 3. The molecule has 2 amide bonds. The normalized spacial score (nSPS) is 10.3. The van der Waals surface area contributed by atoms with Crippen LogP contribution in [0, 0.1) is 12.7 Å². The minimum atomic E-state index is -0.370. The zero-order valence-corrected chi connectivity index (χ0v) is 17.4. The molecular formula is C24H24FN3O3. The van der Waals surface area contributed by atoms with Gasteiger partial charge >= 0.3 is 0 Å². The van der Waals surface area contributed by atoms with Gasteiger partial charge in [-0.25, -0.2) is 4.39 Å². The molecule has 3 aromatic rings. The summed E-state index contributed by atoms with van der Waals surface area (Å²) >= 11 is 0. The fourth-order valence-electron chi connectivity index (χ4n) is 2.80. The molecule has 3 rings (SSSR count). The van der Waals surface area contributed by atoms with Crippen molar-refractivity contribution in [2.24, 2.45) is 0 Å². The van der Waals surface area contributed by atoms with Crippen LogP contribution < -0.4 is 20.7 Å². The molecule has 0 unspecified atom stereocenters. The van der Waals surface area contributed by atoms with Gasteiger partial charge in [-0.2, -0.15) is 0 Å². The summed E-state index contributed by atoms with van der Waals surface area (Å²) in [4.78, 5) is 24.5. The van der Waals surface area contributed by atoms with Crippen molar-refractivity contribution < 1.29 is 18.7 Å². The summed E-state index contributed by atoms with van der Waals surface area (Å²) in [7, 11) is 0. The molecule has 0 atom stereocenters. The van der Waals surface area contributed by atoms with Crippen LogP contribution in [0.4, 0.5) is 21.5 Å². The van der Waals surface area contributed by atoms with Gasteiger partial charge in [0, 0.05) is 22.6 Å². The lowest BCUT2D eigenvalue weighted by atomic mass is 10.2. The molecule has 0 fully saturated rings. The van der Waals surface area contributed by atoms with Crippen molar-refractivity contribution >= 4 is 28.9 Å². The van der Waals surface area contributed by atoms with Crippen LogP contribution in [0.25, 0.3) is 0 Å². The first-order chi connectivity index (χ1) is 14.9. The monoisotopic (exact) mass is 421 g/mol. The largest absolute Gasteiger partial charge is 0.494 e. The topological polar surface area (TPSA) is 79.5 Å². The minimum Gasteiger partial charge on any atom is -0.494 e. The molecule has 0 aliphatic carbocycles. The fourth-order valence-corrected chi connectivity index (χ4v) is 2.80. The summed E-state index contributed by atoms with van der Waals surface area (Å²) in [5.74, 6) is -0.173. The number of amides is 2. The number of benzene rings is 3. The Kier molecular flexibility index (Phi) is 7.22. The van der Waals surface area contributed by atoms with Gasteiger partial charge in [-0.1, -0.05) is 6.07 Å². The van der Waals surface area contributed by atoms with Crippen molar-refractivity contribution in [3.63, 3.8) is 0 Å². The molecule has 0 saturated heterocycles. The first-order valence-electron chi connectivity index (χ1n) is 9.89. The maximum absolute atomic E-state index is 13.6. The van der Waals surface area contributed by atoms with E-state index in [1.807, 2.05) is 6.92 Å². The third kappa shape index (κ3) is 6.30. The number of anilines is 3. The average molecular weight is 421 g/mol. The molecule has 0 spiro atoms. The number of carbonyl (C=O) groups excluding carboxylic acids is 2. The Labute approximate surface area is 180 Å². The van der Waals surface area contributed by atoms with E-state index in [1.165, 1.54) is 6.07 Å². The zero-order chi connectivity index (χ0) is 22.2. The second-order valence-corrected chi connectivity index (χ2v) is 6.85. The van der Waals surface area contributed by atoms with Crippen LogP contribution in [0.3, 0.4) is 0 Å². The molecule has 0 aliphatic rings. The van der Waals surface area contributed by atoms with Gasteiger partial charge in [-0.3, -0.25) is 9.59 Å². The van der Waals surface area contributed by atoms with Gasteiger partial charge in [0.2, 0.25) is 5.91 Å². The Morgan fingerprint density at radius 2 is 1.52 bits per heavy atom. The van der Waals surface area contributed by atoms with Crippen LogP contribution in [0.15, 0.2) is 66.7 Å². The maximum Gasteiger partial charge on any atom is 0.255 e. The van der Waals surface area contributed by atoms with Crippen molar-refractivity contribution in [3.05, 3.63) is 83.7 Å². The minimum absolute atomic E-state index is 0.00716. The highest BCUT2D eigenvalue weighted by Gasteiger charge is 2.08. The van der Waals surface area contributed by atoms with E-state index in [2.05, 4.69) is 16.0 Å². The highest BCUT2D eigenvalue weighted by Crippen LogP contribution is 2.17. The van der Waals surface area contributed by atoms with Crippen LogP contribution in [0.1, 0.15) is 22.8 Å². The SMILES string of the molecule is CCOc1ccc(NC(=O)c2ccc(NCC(=O)Nc3ccc(C)c(F)c3)cc2)cc1. The number of carbonyl (C=O) groups is 2. The molecule has 0 heterocycles. The summed E-state index contributed by atoms with van der Waals surface area (Å²) in [5, 5.41) is 8.43. The number of rotatable bonds is 8. The Hall–Kier alpha value is -3.87. The molecule has 31 heavy (non-hydrogen) atoms. The fraction of sp³-hybridized carbons (Fsp3) is 0.167. The zero-order valence-electron chi connectivity index (χ0n) is 17.4. The summed E-state index contributed by atoms with van der Waals surface area (Å²) in [6, 6.07) is 18.4. The Morgan fingerprint density at radius 1 is 0.871 bits per heavy atom. The molecule has 160 valence electrons. The van der Waals surface area contributed by atoms with E-state index in [-0.39, 0.29) is 24.2 Å². The number of hydrogen-bond acceptors (Lipinski definition) is 4. The Balaban J connectivity index is 1.50. The lowest BCUT2D eigenvalue weighted by Gasteiger charge is -2.10. The predicted molar refractivity (Wildman–Crippen MR) is 120 cm³/mol. The predicted octanol–water partition coefficient (Wildman–Crippen LogP) is 4.84. The van der Waals surface area contributed by atoms with Crippen molar-refractivity contribution in [2.75, 3.05) is 29.1 Å². The second-order valence-electron chi connectivity index (χ2n) is 6.85. The van der Waals surface area contributed by atoms with Gasteiger partial charge in [0.15, 0.2) is 0 Å². The van der Waals surface area contributed by atoms with Crippen LogP contribution in [0.2, 0.25) is 0 Å². The third-order valence-electron chi connectivity index (χ3n) is 4.48. The molecule has 3 aromatic carbocycles. The summed E-state index contributed by atoms with van der Waals surface area (Å²) in [6.45, 7) is 4.15. The average Bonchev–Trinajstić information content (AvgIpc) is 2.77. The first kappa shape index (κ1) is 21.8. The van der Waals surface area contributed by atoms with Gasteiger partial charge in [-0.15, -0.1) is 0 Å². The molecule has 6 nitrogen and oxygen atoms in total. The van der Waals surface area contributed by atoms with E-state index in [1.54, 1.807) is 67.6 Å². The summed E-state index contributed by atoms with van der Waals surface area (Å²) in [6.07, 6.45) is 0. The highest BCUT2D eigenvalue weighted by molar-refractivity contribution is 6.04. The number of hydrogen-bond donors (Lipinski definition) is 3. The first-order valence-corrected chi connectivity index (χ1v) is 9.89. The van der Waals surface area contributed by atoms with Gasteiger partial charge in [-0.05, 0) is 80.1 Å². The second kappa shape index (κ2) is 10.2. The molecule has 3 N–H and O–H groups in total. The smallest absolute Gasteiger partial charge is 0.255 e. The molecule has 7 heteroatoms.